The minimum absolute atomic E-state index is 0.565. The van der Waals surface area contributed by atoms with Gasteiger partial charge in [-0.05, 0) is 54.4 Å². The summed E-state index contributed by atoms with van der Waals surface area (Å²) in [6.45, 7) is 14.3. The number of rotatable bonds is 4. The van der Waals surface area contributed by atoms with Crippen molar-refractivity contribution < 1.29 is 4.57 Å². The average Bonchev–Trinajstić information content (AvgIpc) is 3.08. The fraction of sp³-hybridized carbons (Fsp3) is 0.542. The van der Waals surface area contributed by atoms with Crippen LogP contribution in [0.1, 0.15) is 68.1 Å². The van der Waals surface area contributed by atoms with E-state index in [1.54, 1.807) is 10.8 Å². The maximum absolute atomic E-state index is 2.55. The van der Waals surface area contributed by atoms with Gasteiger partial charge in [-0.2, -0.15) is 0 Å². The molecule has 1 aromatic carbocycles. The molecule has 0 aliphatic heterocycles. The van der Waals surface area contributed by atoms with E-state index in [4.69, 9.17) is 0 Å². The summed E-state index contributed by atoms with van der Waals surface area (Å²) in [7, 11) is 0.871. The third-order valence-electron chi connectivity index (χ3n) is 6.11. The Balaban J connectivity index is 2.20. The van der Waals surface area contributed by atoms with Gasteiger partial charge in [0.15, 0.2) is 6.20 Å². The van der Waals surface area contributed by atoms with E-state index >= 15 is 0 Å². The molecule has 0 N–H and O–H groups in total. The smallest absolute Gasteiger partial charge is 0.201 e. The normalized spacial score (nSPS) is 15.8. The molecule has 26 heavy (non-hydrogen) atoms. The van der Waals surface area contributed by atoms with E-state index < -0.39 is 8.07 Å². The van der Waals surface area contributed by atoms with Gasteiger partial charge in [-0.3, -0.25) is 0 Å². The Kier molecular flexibility index (Phi) is 5.44. The van der Waals surface area contributed by atoms with Gasteiger partial charge >= 0.3 is 0 Å². The molecule has 2 heteroatoms. The van der Waals surface area contributed by atoms with Gasteiger partial charge in [0.1, 0.15) is 7.05 Å². The first-order chi connectivity index (χ1) is 12.2. The molecule has 1 saturated carbocycles. The van der Waals surface area contributed by atoms with Gasteiger partial charge < -0.3 is 0 Å². The van der Waals surface area contributed by atoms with Crippen molar-refractivity contribution in [2.75, 3.05) is 0 Å². The van der Waals surface area contributed by atoms with Crippen molar-refractivity contribution in [3.8, 4) is 11.3 Å². The zero-order valence-electron chi connectivity index (χ0n) is 17.8. The second-order valence-electron chi connectivity index (χ2n) is 9.60. The summed E-state index contributed by atoms with van der Waals surface area (Å²) in [5.41, 5.74) is 7.25. The predicted octanol–water partition coefficient (Wildman–Crippen LogP) is 5.81. The van der Waals surface area contributed by atoms with Crippen LogP contribution in [0.15, 0.2) is 30.5 Å². The van der Waals surface area contributed by atoms with Crippen molar-refractivity contribution in [2.45, 2.75) is 77.9 Å². The highest BCUT2D eigenvalue weighted by Crippen LogP contribution is 2.35. The molecule has 0 saturated heterocycles. The molecule has 0 spiro atoms. The number of hydrogen-bond acceptors (Lipinski definition) is 0. The summed E-state index contributed by atoms with van der Waals surface area (Å²) in [4.78, 5) is 0. The number of aromatic nitrogens is 1. The third kappa shape index (κ3) is 3.81. The van der Waals surface area contributed by atoms with Gasteiger partial charge in [0.2, 0.25) is 5.69 Å². The molecule has 0 atom stereocenters. The molecular weight excluding hydrogens is 330 g/mol. The number of hydrogen-bond donors (Lipinski definition) is 0. The summed E-state index contributed by atoms with van der Waals surface area (Å²) in [6.07, 6.45) is 8.00. The van der Waals surface area contributed by atoms with Gasteiger partial charge in [-0.1, -0.05) is 58.5 Å². The second-order valence-corrected chi connectivity index (χ2v) is 14.6. The van der Waals surface area contributed by atoms with Crippen LogP contribution in [-0.4, -0.2) is 8.07 Å². The zero-order chi connectivity index (χ0) is 19.1. The Hall–Kier alpha value is -1.41. The molecule has 2 aromatic rings. The predicted molar refractivity (Wildman–Crippen MR) is 116 cm³/mol. The molecule has 3 rings (SSSR count). The van der Waals surface area contributed by atoms with E-state index in [0.717, 1.165) is 5.92 Å². The van der Waals surface area contributed by atoms with E-state index in [1.807, 2.05) is 0 Å². The van der Waals surface area contributed by atoms with Crippen LogP contribution in [0.2, 0.25) is 19.6 Å². The summed E-state index contributed by atoms with van der Waals surface area (Å²) in [5.74, 6) is 1.33. The highest BCUT2D eigenvalue weighted by molar-refractivity contribution is 6.89. The average molecular weight is 367 g/mol. The molecule has 0 amide bonds. The number of nitrogens with zero attached hydrogens (tertiary/aromatic N) is 1. The first-order valence-corrected chi connectivity index (χ1v) is 13.8. The molecule has 1 fully saturated rings. The first-order valence-electron chi connectivity index (χ1n) is 10.3. The first kappa shape index (κ1) is 19.4. The van der Waals surface area contributed by atoms with Crippen molar-refractivity contribution >= 4 is 13.3 Å². The maximum Gasteiger partial charge on any atom is 0.212 e. The Morgan fingerprint density at radius 1 is 1.04 bits per heavy atom. The van der Waals surface area contributed by atoms with Crippen molar-refractivity contribution in [1.29, 1.82) is 0 Å². The molecule has 1 heterocycles. The van der Waals surface area contributed by atoms with Crippen LogP contribution >= 0.6 is 0 Å². The summed E-state index contributed by atoms with van der Waals surface area (Å²) >= 11 is 0. The Morgan fingerprint density at radius 3 is 2.27 bits per heavy atom. The monoisotopic (exact) mass is 366 g/mol. The third-order valence-corrected chi connectivity index (χ3v) is 8.15. The molecule has 1 aliphatic carbocycles. The summed E-state index contributed by atoms with van der Waals surface area (Å²) < 4.78 is 2.39. The fourth-order valence-electron chi connectivity index (χ4n) is 4.41. The van der Waals surface area contributed by atoms with Crippen LogP contribution in [0.4, 0.5) is 0 Å². The molecular formula is C24H36NSi+. The number of aryl methyl sites for hydroxylation is 2. The zero-order valence-corrected chi connectivity index (χ0v) is 18.8. The van der Waals surface area contributed by atoms with Crippen molar-refractivity contribution in [2.24, 2.45) is 7.05 Å². The molecule has 1 aliphatic rings. The van der Waals surface area contributed by atoms with Gasteiger partial charge in [0.05, 0.1) is 8.07 Å². The minimum Gasteiger partial charge on any atom is -0.201 e. The molecule has 0 unspecified atom stereocenters. The maximum atomic E-state index is 2.55. The molecule has 140 valence electrons. The minimum atomic E-state index is -1.36. The van der Waals surface area contributed by atoms with Crippen LogP contribution in [0, 0.1) is 6.92 Å². The van der Waals surface area contributed by atoms with Gasteiger partial charge in [-0.15, -0.1) is 0 Å². The van der Waals surface area contributed by atoms with Crippen molar-refractivity contribution in [1.82, 2.24) is 0 Å². The Morgan fingerprint density at radius 2 is 1.69 bits per heavy atom. The molecule has 0 bridgehead atoms. The van der Waals surface area contributed by atoms with Gasteiger partial charge in [0, 0.05) is 16.8 Å². The number of benzene rings is 1. The van der Waals surface area contributed by atoms with E-state index in [-0.39, 0.29) is 0 Å². The quantitative estimate of drug-likeness (QED) is 0.475. The van der Waals surface area contributed by atoms with Crippen LogP contribution < -0.4 is 9.75 Å². The van der Waals surface area contributed by atoms with Crippen molar-refractivity contribution in [3.63, 3.8) is 0 Å². The lowest BCUT2D eigenvalue weighted by atomic mass is 9.93. The number of pyridine rings is 1. The highest BCUT2D eigenvalue weighted by Gasteiger charge is 2.31. The molecule has 0 radical (unpaired) electrons. The Labute approximate surface area is 161 Å². The summed E-state index contributed by atoms with van der Waals surface area (Å²) in [5, 5.41) is 1.66. The van der Waals surface area contributed by atoms with Crippen LogP contribution in [0.25, 0.3) is 11.3 Å². The SMILES string of the molecule is Cc1ccc(C(C)C)cc1-c1cc(C2CCCC2)c([Si](C)(C)C)c[n+]1C. The highest BCUT2D eigenvalue weighted by atomic mass is 28.3. The standard InChI is InChI=1S/C24H36NSi/c1-17(2)20-13-12-18(3)21(14-20)23-15-22(19-10-8-9-11-19)24(16-25(23)4)26(5,6)7/h12-17,19H,8-11H2,1-7H3/q+1. The van der Waals surface area contributed by atoms with E-state index in [9.17, 15) is 0 Å². The summed E-state index contributed by atoms with van der Waals surface area (Å²) in [6, 6.07) is 9.56. The lowest BCUT2D eigenvalue weighted by molar-refractivity contribution is -0.659. The largest absolute Gasteiger partial charge is 0.212 e. The van der Waals surface area contributed by atoms with Crippen LogP contribution in [0.5, 0.6) is 0 Å². The van der Waals surface area contributed by atoms with E-state index in [1.165, 1.54) is 48.1 Å². The van der Waals surface area contributed by atoms with E-state index in [2.05, 4.69) is 82.5 Å². The van der Waals surface area contributed by atoms with Crippen molar-refractivity contribution in [3.05, 3.63) is 47.2 Å². The topological polar surface area (TPSA) is 3.88 Å². The van der Waals surface area contributed by atoms with Gasteiger partial charge in [-0.25, -0.2) is 4.57 Å². The molecule has 1 nitrogen and oxygen atoms in total. The Bertz CT molecular complexity index is 793. The van der Waals surface area contributed by atoms with E-state index in [0.29, 0.717) is 5.92 Å². The van der Waals surface area contributed by atoms with Crippen LogP contribution in [0.3, 0.4) is 0 Å². The fourth-order valence-corrected chi connectivity index (χ4v) is 6.13. The second kappa shape index (κ2) is 7.30. The van der Waals surface area contributed by atoms with Crippen LogP contribution in [-0.2, 0) is 7.05 Å². The molecule has 1 aromatic heterocycles. The lowest BCUT2D eigenvalue weighted by Crippen LogP contribution is -2.47. The van der Waals surface area contributed by atoms with Gasteiger partial charge in [0.25, 0.3) is 0 Å². The lowest BCUT2D eigenvalue weighted by Gasteiger charge is -2.23.